The fraction of sp³-hybridized carbons (Fsp3) is 0.588. The van der Waals surface area contributed by atoms with Gasteiger partial charge in [-0.3, -0.25) is 4.79 Å². The number of anilines is 1. The summed E-state index contributed by atoms with van der Waals surface area (Å²) in [4.78, 5) is 18.8. The summed E-state index contributed by atoms with van der Waals surface area (Å²) in [5, 5.41) is 7.84. The highest BCUT2D eigenvalue weighted by molar-refractivity contribution is 5.81. The van der Waals surface area contributed by atoms with Crippen LogP contribution in [-0.2, 0) is 4.79 Å². The van der Waals surface area contributed by atoms with Crippen molar-refractivity contribution in [3.8, 4) is 0 Å². The van der Waals surface area contributed by atoms with Crippen molar-refractivity contribution in [3.05, 3.63) is 24.0 Å². The quantitative estimate of drug-likeness (QED) is 0.939. The third kappa shape index (κ3) is 3.02. The molecule has 1 aliphatic carbocycles. The van der Waals surface area contributed by atoms with Crippen LogP contribution >= 0.6 is 0 Å². The maximum absolute atomic E-state index is 12.2. The second-order valence-corrected chi connectivity index (χ2v) is 6.83. The second kappa shape index (κ2) is 5.83. The lowest BCUT2D eigenvalue weighted by atomic mass is 9.97. The number of nitrogens with one attached hydrogen (secondary N) is 1. The third-order valence-corrected chi connectivity index (χ3v) is 4.82. The molecule has 1 saturated carbocycles. The molecule has 3 heterocycles. The number of amides is 1. The summed E-state index contributed by atoms with van der Waals surface area (Å²) >= 11 is 0. The SMILES string of the molecule is Cc1cc(NCC2CCCN(C(=O)C3CC3)C2)n2nccc2n1. The maximum Gasteiger partial charge on any atom is 0.225 e. The monoisotopic (exact) mass is 313 g/mol. The average molecular weight is 313 g/mol. The lowest BCUT2D eigenvalue weighted by Gasteiger charge is -2.33. The van der Waals surface area contributed by atoms with Crippen LogP contribution in [0.15, 0.2) is 18.3 Å². The lowest BCUT2D eigenvalue weighted by molar-refractivity contribution is -0.134. The van der Waals surface area contributed by atoms with E-state index in [-0.39, 0.29) is 0 Å². The minimum atomic E-state index is 0.327. The van der Waals surface area contributed by atoms with E-state index < -0.39 is 0 Å². The Kier molecular flexibility index (Phi) is 3.67. The summed E-state index contributed by atoms with van der Waals surface area (Å²) in [7, 11) is 0. The number of carbonyl (C=O) groups is 1. The molecule has 2 fully saturated rings. The second-order valence-electron chi connectivity index (χ2n) is 6.83. The van der Waals surface area contributed by atoms with Gasteiger partial charge in [-0.25, -0.2) is 4.98 Å². The minimum Gasteiger partial charge on any atom is -0.370 e. The Morgan fingerprint density at radius 1 is 1.39 bits per heavy atom. The van der Waals surface area contributed by atoms with Crippen molar-refractivity contribution in [3.63, 3.8) is 0 Å². The summed E-state index contributed by atoms with van der Waals surface area (Å²) in [6.07, 6.45) is 6.23. The lowest BCUT2D eigenvalue weighted by Crippen LogP contribution is -2.42. The molecule has 4 rings (SSSR count). The van der Waals surface area contributed by atoms with Gasteiger partial charge in [-0.15, -0.1) is 0 Å². The van der Waals surface area contributed by atoms with E-state index in [4.69, 9.17) is 0 Å². The summed E-state index contributed by atoms with van der Waals surface area (Å²) < 4.78 is 1.84. The van der Waals surface area contributed by atoms with Crippen LogP contribution < -0.4 is 5.32 Å². The van der Waals surface area contributed by atoms with E-state index in [1.165, 1.54) is 6.42 Å². The van der Waals surface area contributed by atoms with E-state index in [0.29, 0.717) is 17.7 Å². The van der Waals surface area contributed by atoms with Crippen molar-refractivity contribution >= 4 is 17.4 Å². The Balaban J connectivity index is 1.41. The van der Waals surface area contributed by atoms with Crippen LogP contribution in [0.4, 0.5) is 5.82 Å². The number of fused-ring (bicyclic) bond motifs is 1. The maximum atomic E-state index is 12.2. The number of nitrogens with zero attached hydrogens (tertiary/aromatic N) is 4. The number of rotatable bonds is 4. The predicted molar refractivity (Wildman–Crippen MR) is 88.2 cm³/mol. The Labute approximate surface area is 135 Å². The fourth-order valence-electron chi connectivity index (χ4n) is 3.43. The van der Waals surface area contributed by atoms with Gasteiger partial charge in [-0.1, -0.05) is 0 Å². The average Bonchev–Trinajstić information content (AvgIpc) is 3.30. The van der Waals surface area contributed by atoms with Crippen molar-refractivity contribution < 1.29 is 4.79 Å². The highest BCUT2D eigenvalue weighted by Gasteiger charge is 2.35. The van der Waals surface area contributed by atoms with Gasteiger partial charge in [-0.2, -0.15) is 9.61 Å². The molecule has 0 spiro atoms. The minimum absolute atomic E-state index is 0.327. The zero-order chi connectivity index (χ0) is 15.8. The third-order valence-electron chi connectivity index (χ3n) is 4.82. The summed E-state index contributed by atoms with van der Waals surface area (Å²) in [6.45, 7) is 4.68. The Hall–Kier alpha value is -2.11. The molecule has 1 N–H and O–H groups in total. The first-order valence-corrected chi connectivity index (χ1v) is 8.55. The van der Waals surface area contributed by atoms with Gasteiger partial charge >= 0.3 is 0 Å². The van der Waals surface area contributed by atoms with Crippen LogP contribution in [0.5, 0.6) is 0 Å². The molecular formula is C17H23N5O. The van der Waals surface area contributed by atoms with Gasteiger partial charge in [-0.05, 0) is 38.5 Å². The van der Waals surface area contributed by atoms with Gasteiger partial charge in [0.1, 0.15) is 5.82 Å². The van der Waals surface area contributed by atoms with Gasteiger partial charge in [0, 0.05) is 43.4 Å². The van der Waals surface area contributed by atoms with Crippen LogP contribution in [-0.4, -0.2) is 45.0 Å². The van der Waals surface area contributed by atoms with Crippen molar-refractivity contribution in [2.45, 2.75) is 32.6 Å². The Morgan fingerprint density at radius 2 is 2.26 bits per heavy atom. The first kappa shape index (κ1) is 14.5. The number of hydrogen-bond donors (Lipinski definition) is 1. The highest BCUT2D eigenvalue weighted by atomic mass is 16.2. The number of hydrogen-bond acceptors (Lipinski definition) is 4. The van der Waals surface area contributed by atoms with E-state index in [1.807, 2.05) is 23.6 Å². The zero-order valence-electron chi connectivity index (χ0n) is 13.5. The fourth-order valence-corrected chi connectivity index (χ4v) is 3.43. The molecule has 2 aromatic rings. The van der Waals surface area contributed by atoms with Gasteiger partial charge in [0.15, 0.2) is 5.65 Å². The molecular weight excluding hydrogens is 290 g/mol. The molecule has 0 radical (unpaired) electrons. The van der Waals surface area contributed by atoms with Crippen LogP contribution in [0.25, 0.3) is 5.65 Å². The van der Waals surface area contributed by atoms with E-state index >= 15 is 0 Å². The predicted octanol–water partition coefficient (Wildman–Crippen LogP) is 2.10. The van der Waals surface area contributed by atoms with E-state index in [2.05, 4.69) is 20.3 Å². The molecule has 122 valence electrons. The largest absolute Gasteiger partial charge is 0.370 e. The van der Waals surface area contributed by atoms with E-state index in [1.54, 1.807) is 6.20 Å². The molecule has 6 nitrogen and oxygen atoms in total. The molecule has 2 aromatic heterocycles. The summed E-state index contributed by atoms with van der Waals surface area (Å²) in [5.41, 5.74) is 1.84. The van der Waals surface area contributed by atoms with E-state index in [0.717, 1.165) is 56.1 Å². The summed E-state index contributed by atoms with van der Waals surface area (Å²) in [6, 6.07) is 3.94. The topological polar surface area (TPSA) is 62.5 Å². The van der Waals surface area contributed by atoms with Crippen LogP contribution in [0, 0.1) is 18.8 Å². The van der Waals surface area contributed by atoms with Gasteiger partial charge in [0.05, 0.1) is 6.20 Å². The first-order valence-electron chi connectivity index (χ1n) is 8.55. The molecule has 23 heavy (non-hydrogen) atoms. The van der Waals surface area contributed by atoms with Crippen LogP contribution in [0.2, 0.25) is 0 Å². The molecule has 1 aliphatic heterocycles. The van der Waals surface area contributed by atoms with E-state index in [9.17, 15) is 4.79 Å². The van der Waals surface area contributed by atoms with Gasteiger partial charge < -0.3 is 10.2 Å². The molecule has 6 heteroatoms. The molecule has 0 bridgehead atoms. The molecule has 2 aliphatic rings. The summed E-state index contributed by atoms with van der Waals surface area (Å²) in [5.74, 6) is 2.19. The molecule has 0 aromatic carbocycles. The Morgan fingerprint density at radius 3 is 3.09 bits per heavy atom. The molecule has 1 atom stereocenters. The van der Waals surface area contributed by atoms with Crippen molar-refractivity contribution in [1.29, 1.82) is 0 Å². The van der Waals surface area contributed by atoms with Gasteiger partial charge in [0.2, 0.25) is 5.91 Å². The van der Waals surface area contributed by atoms with Crippen molar-refractivity contribution in [2.75, 3.05) is 25.0 Å². The Bertz CT molecular complexity index is 721. The highest BCUT2D eigenvalue weighted by Crippen LogP contribution is 2.32. The standard InChI is InChI=1S/C17H23N5O/c1-12-9-16(22-15(20-12)6-7-19-22)18-10-13-3-2-8-21(11-13)17(23)14-4-5-14/h6-7,9,13-14,18H,2-5,8,10-11H2,1H3. The number of likely N-dealkylation sites (tertiary alicyclic amines) is 1. The van der Waals surface area contributed by atoms with Crippen molar-refractivity contribution in [2.24, 2.45) is 11.8 Å². The zero-order valence-corrected chi connectivity index (χ0v) is 13.5. The number of aromatic nitrogens is 3. The normalized spacial score (nSPS) is 21.6. The van der Waals surface area contributed by atoms with Crippen molar-refractivity contribution in [1.82, 2.24) is 19.5 Å². The number of piperidine rings is 1. The number of aryl methyl sites for hydroxylation is 1. The molecule has 1 amide bonds. The first-order chi connectivity index (χ1) is 11.2. The smallest absolute Gasteiger partial charge is 0.225 e. The molecule has 1 saturated heterocycles. The van der Waals surface area contributed by atoms with Crippen LogP contribution in [0.1, 0.15) is 31.4 Å². The van der Waals surface area contributed by atoms with Gasteiger partial charge in [0.25, 0.3) is 0 Å². The number of carbonyl (C=O) groups excluding carboxylic acids is 1. The molecule has 1 unspecified atom stereocenters. The van der Waals surface area contributed by atoms with Crippen LogP contribution in [0.3, 0.4) is 0 Å².